The van der Waals surface area contributed by atoms with E-state index in [1.54, 1.807) is 28.3 Å². The number of nitrogens with zero attached hydrogens (tertiary/aromatic N) is 3. The summed E-state index contributed by atoms with van der Waals surface area (Å²) in [5, 5.41) is 13.5. The summed E-state index contributed by atoms with van der Waals surface area (Å²) in [7, 11) is 1.55. The predicted octanol–water partition coefficient (Wildman–Crippen LogP) is 4.22. The lowest BCUT2D eigenvalue weighted by Gasteiger charge is -2.15. The van der Waals surface area contributed by atoms with E-state index in [0.29, 0.717) is 33.4 Å². The van der Waals surface area contributed by atoms with Gasteiger partial charge in [0, 0.05) is 42.9 Å². The van der Waals surface area contributed by atoms with E-state index in [2.05, 4.69) is 10.3 Å². The van der Waals surface area contributed by atoms with Gasteiger partial charge < -0.3 is 24.1 Å². The second-order valence-electron chi connectivity index (χ2n) is 8.51. The number of anilines is 1. The minimum absolute atomic E-state index is 0.105. The Morgan fingerprint density at radius 2 is 2.06 bits per heavy atom. The second kappa shape index (κ2) is 9.21. The maximum Gasteiger partial charge on any atom is 0.275 e. The molecule has 176 valence electrons. The number of hydrogen-bond donors (Lipinski definition) is 2. The van der Waals surface area contributed by atoms with E-state index in [1.807, 2.05) is 18.5 Å². The highest BCUT2D eigenvalue weighted by atomic mass is 35.5. The molecule has 4 aromatic rings. The van der Waals surface area contributed by atoms with Crippen LogP contribution < -0.4 is 10.9 Å². The summed E-state index contributed by atoms with van der Waals surface area (Å²) in [4.78, 5) is 17.9. The van der Waals surface area contributed by atoms with Crippen molar-refractivity contribution in [2.24, 2.45) is 0 Å². The Bertz CT molecular complexity index is 1430. The van der Waals surface area contributed by atoms with Gasteiger partial charge in [0.2, 0.25) is 0 Å². The molecule has 3 aromatic heterocycles. The fraction of sp³-hybridized carbons (Fsp3) is 0.280. The molecule has 1 aliphatic carbocycles. The Morgan fingerprint density at radius 1 is 1.24 bits per heavy atom. The molecular weight excluding hydrogens is 459 g/mol. The fourth-order valence-corrected chi connectivity index (χ4v) is 4.29. The van der Waals surface area contributed by atoms with Gasteiger partial charge in [-0.2, -0.15) is 0 Å². The van der Waals surface area contributed by atoms with Gasteiger partial charge in [0.05, 0.1) is 30.5 Å². The largest absolute Gasteiger partial charge is 0.392 e. The van der Waals surface area contributed by atoms with Crippen LogP contribution in [0.1, 0.15) is 29.7 Å². The third-order valence-corrected chi connectivity index (χ3v) is 6.30. The first-order chi connectivity index (χ1) is 16.5. The van der Waals surface area contributed by atoms with Crippen molar-refractivity contribution in [3.05, 3.63) is 86.9 Å². The normalized spacial score (nSPS) is 13.5. The first-order valence-corrected chi connectivity index (χ1v) is 11.4. The molecule has 9 heteroatoms. The Labute approximate surface area is 200 Å². The zero-order valence-corrected chi connectivity index (χ0v) is 19.3. The molecule has 0 aliphatic heterocycles. The predicted molar refractivity (Wildman–Crippen MR) is 129 cm³/mol. The highest BCUT2D eigenvalue weighted by Gasteiger charge is 2.22. The van der Waals surface area contributed by atoms with Crippen LogP contribution >= 0.6 is 11.6 Å². The number of rotatable bonds is 8. The molecule has 3 heterocycles. The molecule has 1 aromatic carbocycles. The van der Waals surface area contributed by atoms with Gasteiger partial charge in [-0.25, -0.2) is 9.37 Å². The van der Waals surface area contributed by atoms with Crippen LogP contribution in [0, 0.1) is 5.82 Å². The number of aliphatic hydroxyl groups excluding tert-OH is 1. The van der Waals surface area contributed by atoms with E-state index in [0.717, 1.165) is 29.8 Å². The van der Waals surface area contributed by atoms with E-state index >= 15 is 0 Å². The summed E-state index contributed by atoms with van der Waals surface area (Å²) in [6, 6.07) is 8.29. The van der Waals surface area contributed by atoms with E-state index in [9.17, 15) is 14.3 Å². The van der Waals surface area contributed by atoms with Crippen molar-refractivity contribution in [1.82, 2.24) is 14.0 Å². The molecule has 0 spiro atoms. The van der Waals surface area contributed by atoms with Crippen LogP contribution in [-0.4, -0.2) is 32.2 Å². The van der Waals surface area contributed by atoms with Crippen molar-refractivity contribution in [2.75, 3.05) is 12.4 Å². The smallest absolute Gasteiger partial charge is 0.275 e. The zero-order chi connectivity index (χ0) is 23.8. The maximum absolute atomic E-state index is 13.9. The average Bonchev–Trinajstić information content (AvgIpc) is 3.53. The molecular formula is C25H24ClFN4O3. The van der Waals surface area contributed by atoms with Gasteiger partial charge in [0.25, 0.3) is 5.56 Å². The summed E-state index contributed by atoms with van der Waals surface area (Å²) < 4.78 is 22.5. The lowest BCUT2D eigenvalue weighted by molar-refractivity contribution is 0.177. The van der Waals surface area contributed by atoms with E-state index in [1.165, 1.54) is 18.2 Å². The first kappa shape index (κ1) is 22.6. The summed E-state index contributed by atoms with van der Waals surface area (Å²) in [6.07, 6.45) is 7.53. The van der Waals surface area contributed by atoms with E-state index < -0.39 is 5.82 Å². The molecule has 0 amide bonds. The standard InChI is InChI=1S/C25H24ClFN4O3/c1-34-14-20-12-30-10-17(21-8-24(28-9-22(21)26)29-19-4-5-19)7-23(30)25(33)31(20)11-16-6-18(27)3-2-15(16)13-32/h2-3,6-10,12,19,32H,4-5,11,13-14H2,1H3,(H,28,29). The van der Waals surface area contributed by atoms with Gasteiger partial charge in [-0.3, -0.25) is 4.79 Å². The Balaban J connectivity index is 1.60. The molecule has 2 N–H and O–H groups in total. The van der Waals surface area contributed by atoms with Gasteiger partial charge in [-0.1, -0.05) is 17.7 Å². The molecule has 1 saturated carbocycles. The van der Waals surface area contributed by atoms with Gasteiger partial charge >= 0.3 is 0 Å². The molecule has 5 rings (SSSR count). The van der Waals surface area contributed by atoms with Crippen LogP contribution in [0.15, 0.2) is 53.7 Å². The van der Waals surface area contributed by atoms with Crippen LogP contribution in [0.5, 0.6) is 0 Å². The Hall–Kier alpha value is -3.20. The third-order valence-electron chi connectivity index (χ3n) is 6.00. The summed E-state index contributed by atoms with van der Waals surface area (Å²) >= 11 is 6.46. The highest BCUT2D eigenvalue weighted by Crippen LogP contribution is 2.32. The van der Waals surface area contributed by atoms with Gasteiger partial charge in [0.15, 0.2) is 0 Å². The van der Waals surface area contributed by atoms with E-state index in [4.69, 9.17) is 16.3 Å². The third kappa shape index (κ3) is 4.44. The van der Waals surface area contributed by atoms with Crippen LogP contribution in [0.2, 0.25) is 5.02 Å². The SMILES string of the molecule is COCc1cn2cc(-c3cc(NC4CC4)ncc3Cl)cc2c(=O)n1Cc1cc(F)ccc1CO. The quantitative estimate of drug-likeness (QED) is 0.393. The van der Waals surface area contributed by atoms with Crippen molar-refractivity contribution in [3.8, 4) is 11.1 Å². The van der Waals surface area contributed by atoms with Crippen molar-refractivity contribution in [2.45, 2.75) is 38.6 Å². The van der Waals surface area contributed by atoms with Crippen LogP contribution in [-0.2, 0) is 24.5 Å². The number of aliphatic hydroxyl groups is 1. The number of fused-ring (bicyclic) bond motifs is 1. The summed E-state index contributed by atoms with van der Waals surface area (Å²) in [5.74, 6) is 0.319. The lowest BCUT2D eigenvalue weighted by atomic mass is 10.1. The number of benzene rings is 1. The molecule has 34 heavy (non-hydrogen) atoms. The number of pyridine rings is 1. The summed E-state index contributed by atoms with van der Waals surface area (Å²) in [6.45, 7) is 0.0425. The molecule has 1 fully saturated rings. The van der Waals surface area contributed by atoms with Crippen molar-refractivity contribution in [1.29, 1.82) is 0 Å². The molecule has 7 nitrogen and oxygen atoms in total. The molecule has 0 radical (unpaired) electrons. The molecule has 0 bridgehead atoms. The van der Waals surface area contributed by atoms with Crippen LogP contribution in [0.3, 0.4) is 0 Å². The van der Waals surface area contributed by atoms with Gasteiger partial charge in [0.1, 0.15) is 17.2 Å². The van der Waals surface area contributed by atoms with Gasteiger partial charge in [-0.05, 0) is 48.2 Å². The molecule has 1 aliphatic rings. The number of ether oxygens (including phenoxy) is 1. The number of halogens is 2. The summed E-state index contributed by atoms with van der Waals surface area (Å²) in [5.41, 5.74) is 3.46. The molecule has 0 saturated heterocycles. The fourth-order valence-electron chi connectivity index (χ4n) is 4.08. The highest BCUT2D eigenvalue weighted by molar-refractivity contribution is 6.33. The van der Waals surface area contributed by atoms with Gasteiger partial charge in [-0.15, -0.1) is 0 Å². The topological polar surface area (TPSA) is 80.8 Å². The minimum atomic E-state index is -0.428. The first-order valence-electron chi connectivity index (χ1n) is 11.0. The Kier molecular flexibility index (Phi) is 6.12. The maximum atomic E-state index is 13.9. The monoisotopic (exact) mass is 482 g/mol. The molecule has 0 atom stereocenters. The minimum Gasteiger partial charge on any atom is -0.392 e. The lowest BCUT2D eigenvalue weighted by Crippen LogP contribution is -2.26. The second-order valence-corrected chi connectivity index (χ2v) is 8.91. The van der Waals surface area contributed by atoms with Crippen LogP contribution in [0.4, 0.5) is 10.2 Å². The molecule has 0 unspecified atom stereocenters. The average molecular weight is 483 g/mol. The number of aromatic nitrogens is 3. The van der Waals surface area contributed by atoms with Crippen molar-refractivity contribution in [3.63, 3.8) is 0 Å². The number of nitrogens with one attached hydrogen (secondary N) is 1. The Morgan fingerprint density at radius 3 is 2.79 bits per heavy atom. The van der Waals surface area contributed by atoms with Crippen molar-refractivity contribution >= 4 is 22.9 Å². The van der Waals surface area contributed by atoms with Crippen LogP contribution in [0.25, 0.3) is 16.6 Å². The van der Waals surface area contributed by atoms with E-state index in [-0.39, 0.29) is 25.3 Å². The van der Waals surface area contributed by atoms with Crippen molar-refractivity contribution < 1.29 is 14.2 Å². The number of hydrogen-bond acceptors (Lipinski definition) is 5. The number of methoxy groups -OCH3 is 1. The zero-order valence-electron chi connectivity index (χ0n) is 18.6.